The molecule has 1 fully saturated rings. The number of amides is 2. The molecule has 1 rings (SSSR count). The van der Waals surface area contributed by atoms with Crippen LogP contribution in [0.25, 0.3) is 0 Å². The van der Waals surface area contributed by atoms with Crippen LogP contribution in [-0.4, -0.2) is 49.4 Å². The van der Waals surface area contributed by atoms with E-state index in [1.54, 1.807) is 0 Å². The molecule has 1 saturated heterocycles. The lowest BCUT2D eigenvalue weighted by Gasteiger charge is -2.32. The van der Waals surface area contributed by atoms with E-state index in [1.165, 1.54) is 0 Å². The van der Waals surface area contributed by atoms with Crippen molar-refractivity contribution in [2.45, 2.75) is 46.0 Å². The molecule has 0 unspecified atom stereocenters. The molecule has 5 nitrogen and oxygen atoms in total. The lowest BCUT2D eigenvalue weighted by Crippen LogP contribution is -2.41. The molecule has 0 spiro atoms. The summed E-state index contributed by atoms with van der Waals surface area (Å²) in [5.74, 6) is 0.799. The Morgan fingerprint density at radius 2 is 1.85 bits per heavy atom. The van der Waals surface area contributed by atoms with E-state index in [1.807, 2.05) is 11.8 Å². The van der Waals surface area contributed by atoms with E-state index >= 15 is 0 Å². The van der Waals surface area contributed by atoms with Crippen LogP contribution in [0.4, 0.5) is 0 Å². The maximum absolute atomic E-state index is 12.0. The second-order valence-electron chi connectivity index (χ2n) is 5.48. The Hall–Kier alpha value is -1.10. The van der Waals surface area contributed by atoms with Crippen LogP contribution in [0.1, 0.15) is 46.0 Å². The summed E-state index contributed by atoms with van der Waals surface area (Å²) in [5, 5.41) is 6.17. The average Bonchev–Trinajstić information content (AvgIpc) is 2.49. The molecule has 2 amide bonds. The lowest BCUT2D eigenvalue weighted by molar-refractivity contribution is -0.134. The van der Waals surface area contributed by atoms with Crippen LogP contribution in [-0.2, 0) is 9.59 Å². The summed E-state index contributed by atoms with van der Waals surface area (Å²) in [7, 11) is 0. The number of nitrogens with one attached hydrogen (secondary N) is 2. The van der Waals surface area contributed by atoms with Gasteiger partial charge in [-0.15, -0.1) is 0 Å². The molecular weight excluding hydrogens is 254 g/mol. The van der Waals surface area contributed by atoms with Crippen molar-refractivity contribution in [2.75, 3.05) is 32.7 Å². The molecule has 20 heavy (non-hydrogen) atoms. The normalized spacial score (nSPS) is 16.2. The van der Waals surface area contributed by atoms with Crippen molar-refractivity contribution in [2.24, 2.45) is 5.92 Å². The largest absolute Gasteiger partial charge is 0.356 e. The molecule has 0 aromatic rings. The highest BCUT2D eigenvalue weighted by molar-refractivity contribution is 5.83. The van der Waals surface area contributed by atoms with E-state index < -0.39 is 0 Å². The second kappa shape index (κ2) is 9.75. The van der Waals surface area contributed by atoms with Gasteiger partial charge in [-0.2, -0.15) is 0 Å². The van der Waals surface area contributed by atoms with Crippen LogP contribution in [0.3, 0.4) is 0 Å². The van der Waals surface area contributed by atoms with E-state index in [4.69, 9.17) is 0 Å². The molecule has 1 aliphatic rings. The summed E-state index contributed by atoms with van der Waals surface area (Å²) in [5.41, 5.74) is 0. The van der Waals surface area contributed by atoms with Crippen LogP contribution in [0, 0.1) is 5.92 Å². The van der Waals surface area contributed by atoms with Crippen molar-refractivity contribution in [1.82, 2.24) is 15.5 Å². The third-order valence-electron chi connectivity index (χ3n) is 3.79. The number of hydrogen-bond acceptors (Lipinski definition) is 3. The number of likely N-dealkylation sites (tertiary alicyclic amines) is 1. The first kappa shape index (κ1) is 17.0. The fourth-order valence-corrected chi connectivity index (χ4v) is 2.47. The first-order valence-corrected chi connectivity index (χ1v) is 7.92. The van der Waals surface area contributed by atoms with Crippen molar-refractivity contribution in [3.8, 4) is 0 Å². The summed E-state index contributed by atoms with van der Waals surface area (Å²) < 4.78 is 0. The molecule has 0 radical (unpaired) electrons. The Morgan fingerprint density at radius 1 is 1.15 bits per heavy atom. The van der Waals surface area contributed by atoms with E-state index in [0.717, 1.165) is 45.4 Å². The fourth-order valence-electron chi connectivity index (χ4n) is 2.47. The van der Waals surface area contributed by atoms with Gasteiger partial charge in [0.25, 0.3) is 0 Å². The number of carbonyl (C=O) groups excluding carboxylic acids is 2. The van der Waals surface area contributed by atoms with Crippen molar-refractivity contribution >= 4 is 11.8 Å². The molecular formula is C15H29N3O2. The van der Waals surface area contributed by atoms with Crippen LogP contribution in [0.5, 0.6) is 0 Å². The molecule has 0 aliphatic carbocycles. The van der Waals surface area contributed by atoms with Crippen LogP contribution in [0.15, 0.2) is 0 Å². The van der Waals surface area contributed by atoms with Gasteiger partial charge in [-0.25, -0.2) is 0 Å². The van der Waals surface area contributed by atoms with Crippen molar-refractivity contribution in [3.63, 3.8) is 0 Å². The van der Waals surface area contributed by atoms with Gasteiger partial charge < -0.3 is 15.5 Å². The summed E-state index contributed by atoms with van der Waals surface area (Å²) >= 11 is 0. The third-order valence-corrected chi connectivity index (χ3v) is 3.79. The minimum atomic E-state index is -0.0118. The van der Waals surface area contributed by atoms with E-state index in [0.29, 0.717) is 25.3 Å². The van der Waals surface area contributed by atoms with Crippen LogP contribution in [0.2, 0.25) is 0 Å². The molecule has 0 saturated carbocycles. The highest BCUT2D eigenvalue weighted by Gasteiger charge is 2.22. The molecule has 0 aromatic heterocycles. The fraction of sp³-hybridized carbons (Fsp3) is 0.867. The molecule has 2 N–H and O–H groups in total. The highest BCUT2D eigenvalue weighted by Crippen LogP contribution is 2.17. The Bertz CT molecular complexity index is 299. The van der Waals surface area contributed by atoms with Gasteiger partial charge in [0, 0.05) is 32.5 Å². The Morgan fingerprint density at radius 3 is 2.45 bits per heavy atom. The van der Waals surface area contributed by atoms with Crippen molar-refractivity contribution in [3.05, 3.63) is 0 Å². The number of piperidine rings is 1. The third kappa shape index (κ3) is 6.37. The first-order valence-electron chi connectivity index (χ1n) is 7.92. The van der Waals surface area contributed by atoms with Crippen molar-refractivity contribution < 1.29 is 9.59 Å². The molecule has 1 aliphatic heterocycles. The average molecular weight is 283 g/mol. The topological polar surface area (TPSA) is 61.4 Å². The standard InChI is InChI=1S/C15H29N3O2/c1-3-9-17-14(19)5-6-15(20)18-10-7-13(8-11-18)12-16-4-2/h13,16H,3-12H2,1-2H3,(H,17,19). The summed E-state index contributed by atoms with van der Waals surface area (Å²) in [6.45, 7) is 8.56. The zero-order chi connectivity index (χ0) is 14.8. The molecule has 5 heteroatoms. The minimum absolute atomic E-state index is 0.0118. The van der Waals surface area contributed by atoms with E-state index in [-0.39, 0.29) is 11.8 Å². The van der Waals surface area contributed by atoms with E-state index in [9.17, 15) is 9.59 Å². The van der Waals surface area contributed by atoms with Gasteiger partial charge in [-0.3, -0.25) is 9.59 Å². The molecule has 0 atom stereocenters. The van der Waals surface area contributed by atoms with Gasteiger partial charge in [0.15, 0.2) is 0 Å². The smallest absolute Gasteiger partial charge is 0.223 e. The molecule has 116 valence electrons. The number of rotatable bonds is 8. The lowest BCUT2D eigenvalue weighted by atomic mass is 9.96. The maximum atomic E-state index is 12.0. The van der Waals surface area contributed by atoms with Gasteiger partial charge in [0.1, 0.15) is 0 Å². The molecule has 0 aromatic carbocycles. The van der Waals surface area contributed by atoms with Crippen LogP contribution < -0.4 is 10.6 Å². The Labute approximate surface area is 122 Å². The van der Waals surface area contributed by atoms with Gasteiger partial charge in [-0.05, 0) is 38.3 Å². The number of carbonyl (C=O) groups is 2. The minimum Gasteiger partial charge on any atom is -0.356 e. The predicted molar refractivity (Wildman–Crippen MR) is 80.4 cm³/mol. The summed E-state index contributed by atoms with van der Waals surface area (Å²) in [4.78, 5) is 25.4. The SMILES string of the molecule is CCCNC(=O)CCC(=O)N1CCC(CNCC)CC1. The number of nitrogens with zero attached hydrogens (tertiary/aromatic N) is 1. The predicted octanol–water partition coefficient (Wildman–Crippen LogP) is 1.14. The summed E-state index contributed by atoms with van der Waals surface area (Å²) in [6.07, 6.45) is 3.73. The zero-order valence-electron chi connectivity index (χ0n) is 12.9. The highest BCUT2D eigenvalue weighted by atomic mass is 16.2. The number of hydrogen-bond donors (Lipinski definition) is 2. The monoisotopic (exact) mass is 283 g/mol. The van der Waals surface area contributed by atoms with Gasteiger partial charge in [-0.1, -0.05) is 13.8 Å². The van der Waals surface area contributed by atoms with E-state index in [2.05, 4.69) is 17.6 Å². The Balaban J connectivity index is 2.17. The first-order chi connectivity index (χ1) is 9.67. The quantitative estimate of drug-likeness (QED) is 0.702. The van der Waals surface area contributed by atoms with Gasteiger partial charge in [0.05, 0.1) is 0 Å². The molecule has 0 bridgehead atoms. The zero-order valence-corrected chi connectivity index (χ0v) is 12.9. The van der Waals surface area contributed by atoms with Gasteiger partial charge in [0.2, 0.25) is 11.8 Å². The second-order valence-corrected chi connectivity index (χ2v) is 5.48. The summed E-state index contributed by atoms with van der Waals surface area (Å²) in [6, 6.07) is 0. The Kier molecular flexibility index (Phi) is 8.26. The van der Waals surface area contributed by atoms with Crippen LogP contribution >= 0.6 is 0 Å². The maximum Gasteiger partial charge on any atom is 0.223 e. The molecule has 1 heterocycles. The van der Waals surface area contributed by atoms with Gasteiger partial charge >= 0.3 is 0 Å². The van der Waals surface area contributed by atoms with Crippen molar-refractivity contribution in [1.29, 1.82) is 0 Å².